The summed E-state index contributed by atoms with van der Waals surface area (Å²) in [6, 6.07) is 1.68. The number of carbonyl (C=O) groups excluding carboxylic acids is 1. The van der Waals surface area contributed by atoms with Crippen LogP contribution in [0.25, 0.3) is 5.78 Å². The Hall–Kier alpha value is -2.84. The predicted molar refractivity (Wildman–Crippen MR) is 81.5 cm³/mol. The Bertz CT molecular complexity index is 865. The van der Waals surface area contributed by atoms with Crippen molar-refractivity contribution in [3.8, 4) is 0 Å². The molecule has 1 atom stereocenters. The lowest BCUT2D eigenvalue weighted by atomic mass is 10.3. The average Bonchev–Trinajstić information content (AvgIpc) is 3.04. The Morgan fingerprint density at radius 3 is 2.83 bits per heavy atom. The average molecular weight is 314 g/mol. The number of hydrogen-bond acceptors (Lipinski definition) is 6. The van der Waals surface area contributed by atoms with Crippen LogP contribution in [0.2, 0.25) is 0 Å². The summed E-state index contributed by atoms with van der Waals surface area (Å²) < 4.78 is 3.27. The van der Waals surface area contributed by atoms with Gasteiger partial charge >= 0.3 is 0 Å². The molecule has 120 valence electrons. The molecule has 0 aliphatic carbocycles. The van der Waals surface area contributed by atoms with Crippen LogP contribution >= 0.6 is 0 Å². The molecule has 0 saturated carbocycles. The minimum atomic E-state index is -0.242. The van der Waals surface area contributed by atoms with Gasteiger partial charge in [0.25, 0.3) is 5.78 Å². The molecule has 1 amide bonds. The van der Waals surface area contributed by atoms with Crippen molar-refractivity contribution in [1.82, 2.24) is 39.7 Å². The highest BCUT2D eigenvalue weighted by Gasteiger charge is 2.16. The molecule has 0 aliphatic heterocycles. The van der Waals surface area contributed by atoms with Gasteiger partial charge in [0.2, 0.25) is 5.91 Å². The van der Waals surface area contributed by atoms with Crippen molar-refractivity contribution in [3.63, 3.8) is 0 Å². The number of fused-ring (bicyclic) bond motifs is 1. The molecular formula is C14H18N8O. The van der Waals surface area contributed by atoms with Gasteiger partial charge in [0, 0.05) is 18.4 Å². The molecule has 9 nitrogen and oxygen atoms in total. The second-order valence-electron chi connectivity index (χ2n) is 5.49. The molecule has 0 saturated heterocycles. The summed E-state index contributed by atoms with van der Waals surface area (Å²) in [5.74, 6) is 1.46. The molecule has 3 aromatic rings. The highest BCUT2D eigenvalue weighted by atomic mass is 16.1. The molecule has 0 spiro atoms. The standard InChI is InChI=1S/C14H18N8O/c1-8-5-9(2)22-14(17-8)19-11(20-22)6-12(23)18-10(3)13-15-7-16-21(13)4/h5,7,10H,6H2,1-4H3,(H,18,23)/t10-/m0/s1. The zero-order valence-corrected chi connectivity index (χ0v) is 13.5. The lowest BCUT2D eigenvalue weighted by Gasteiger charge is -2.11. The molecule has 23 heavy (non-hydrogen) atoms. The summed E-state index contributed by atoms with van der Waals surface area (Å²) in [5.41, 5.74) is 1.80. The Morgan fingerprint density at radius 2 is 2.13 bits per heavy atom. The highest BCUT2D eigenvalue weighted by Crippen LogP contribution is 2.08. The maximum absolute atomic E-state index is 12.2. The van der Waals surface area contributed by atoms with Crippen LogP contribution in [0.3, 0.4) is 0 Å². The van der Waals surface area contributed by atoms with Crippen molar-refractivity contribution in [3.05, 3.63) is 35.4 Å². The van der Waals surface area contributed by atoms with E-state index in [2.05, 4.69) is 30.5 Å². The first-order valence-electron chi connectivity index (χ1n) is 7.27. The monoisotopic (exact) mass is 314 g/mol. The van der Waals surface area contributed by atoms with Gasteiger partial charge in [0.1, 0.15) is 12.2 Å². The van der Waals surface area contributed by atoms with Crippen LogP contribution in [0.15, 0.2) is 12.4 Å². The number of hydrogen-bond donors (Lipinski definition) is 1. The molecule has 3 heterocycles. The highest BCUT2D eigenvalue weighted by molar-refractivity contribution is 5.78. The molecule has 0 radical (unpaired) electrons. The Kier molecular flexibility index (Phi) is 3.77. The lowest BCUT2D eigenvalue weighted by Crippen LogP contribution is -2.30. The number of carbonyl (C=O) groups is 1. The first kappa shape index (κ1) is 15.1. The molecule has 0 fully saturated rings. The van der Waals surface area contributed by atoms with E-state index in [-0.39, 0.29) is 18.4 Å². The Labute approximate surface area is 132 Å². The van der Waals surface area contributed by atoms with Crippen molar-refractivity contribution in [2.24, 2.45) is 7.05 Å². The maximum Gasteiger partial charge on any atom is 0.252 e. The number of rotatable bonds is 4. The zero-order valence-electron chi connectivity index (χ0n) is 13.5. The topological polar surface area (TPSA) is 103 Å². The van der Waals surface area contributed by atoms with E-state index in [0.29, 0.717) is 17.4 Å². The largest absolute Gasteiger partial charge is 0.346 e. The summed E-state index contributed by atoms with van der Waals surface area (Å²) >= 11 is 0. The minimum Gasteiger partial charge on any atom is -0.346 e. The molecule has 0 aromatic carbocycles. The summed E-state index contributed by atoms with van der Waals surface area (Å²) in [4.78, 5) is 24.9. The van der Waals surface area contributed by atoms with E-state index in [1.54, 1.807) is 16.2 Å². The van der Waals surface area contributed by atoms with Crippen LogP contribution in [0.1, 0.15) is 36.0 Å². The summed E-state index contributed by atoms with van der Waals surface area (Å²) in [5, 5.41) is 11.2. The van der Waals surface area contributed by atoms with Crippen LogP contribution in [0, 0.1) is 13.8 Å². The molecular weight excluding hydrogens is 296 g/mol. The van der Waals surface area contributed by atoms with E-state index in [1.807, 2.05) is 26.8 Å². The fraction of sp³-hybridized carbons (Fsp3) is 0.429. The third kappa shape index (κ3) is 3.03. The Morgan fingerprint density at radius 1 is 1.35 bits per heavy atom. The van der Waals surface area contributed by atoms with Crippen molar-refractivity contribution in [2.75, 3.05) is 0 Å². The van der Waals surface area contributed by atoms with Gasteiger partial charge < -0.3 is 5.32 Å². The minimum absolute atomic E-state index is 0.0873. The molecule has 3 aromatic heterocycles. The molecule has 3 rings (SSSR count). The van der Waals surface area contributed by atoms with Crippen LogP contribution in [0.4, 0.5) is 0 Å². The van der Waals surface area contributed by atoms with Gasteiger partial charge in [-0.3, -0.25) is 9.48 Å². The predicted octanol–water partition coefficient (Wildman–Crippen LogP) is 0.290. The van der Waals surface area contributed by atoms with Crippen LogP contribution in [-0.4, -0.2) is 40.3 Å². The van der Waals surface area contributed by atoms with Crippen LogP contribution in [0.5, 0.6) is 0 Å². The number of aromatic nitrogens is 7. The summed E-state index contributed by atoms with van der Waals surface area (Å²) in [7, 11) is 1.78. The molecule has 1 N–H and O–H groups in total. The number of amides is 1. The quantitative estimate of drug-likeness (QED) is 0.742. The lowest BCUT2D eigenvalue weighted by molar-refractivity contribution is -0.121. The van der Waals surface area contributed by atoms with E-state index in [9.17, 15) is 4.79 Å². The maximum atomic E-state index is 12.2. The summed E-state index contributed by atoms with van der Waals surface area (Å²) in [6.45, 7) is 5.68. The molecule has 0 bridgehead atoms. The second-order valence-corrected chi connectivity index (χ2v) is 5.49. The van der Waals surface area contributed by atoms with E-state index in [0.717, 1.165) is 11.4 Å². The fourth-order valence-electron chi connectivity index (χ4n) is 2.48. The van der Waals surface area contributed by atoms with Crippen LogP contribution in [-0.2, 0) is 18.3 Å². The Balaban J connectivity index is 1.73. The second kappa shape index (κ2) is 5.75. The first-order chi connectivity index (χ1) is 10.9. The molecule has 0 aliphatic rings. The third-order valence-electron chi connectivity index (χ3n) is 3.49. The normalized spacial score (nSPS) is 12.5. The zero-order chi connectivity index (χ0) is 16.6. The van der Waals surface area contributed by atoms with E-state index in [4.69, 9.17) is 0 Å². The van der Waals surface area contributed by atoms with Gasteiger partial charge in [0.05, 0.1) is 12.5 Å². The van der Waals surface area contributed by atoms with E-state index < -0.39 is 0 Å². The summed E-state index contributed by atoms with van der Waals surface area (Å²) in [6.07, 6.45) is 1.54. The molecule has 9 heteroatoms. The van der Waals surface area contributed by atoms with Crippen molar-refractivity contribution >= 4 is 11.7 Å². The number of nitrogens with zero attached hydrogens (tertiary/aromatic N) is 7. The third-order valence-corrected chi connectivity index (χ3v) is 3.49. The van der Waals surface area contributed by atoms with Crippen molar-refractivity contribution in [1.29, 1.82) is 0 Å². The molecule has 0 unspecified atom stereocenters. The number of aryl methyl sites for hydroxylation is 3. The van der Waals surface area contributed by atoms with E-state index >= 15 is 0 Å². The fourth-order valence-corrected chi connectivity index (χ4v) is 2.48. The SMILES string of the molecule is Cc1cc(C)n2nc(CC(=O)N[C@@H](C)c3ncnn3C)nc2n1. The van der Waals surface area contributed by atoms with E-state index in [1.165, 1.54) is 6.33 Å². The van der Waals surface area contributed by atoms with Crippen LogP contribution < -0.4 is 5.32 Å². The van der Waals surface area contributed by atoms with Gasteiger partial charge in [-0.25, -0.2) is 14.5 Å². The smallest absolute Gasteiger partial charge is 0.252 e. The first-order valence-corrected chi connectivity index (χ1v) is 7.27. The van der Waals surface area contributed by atoms with Gasteiger partial charge in [-0.15, -0.1) is 5.10 Å². The van der Waals surface area contributed by atoms with Gasteiger partial charge in [-0.05, 0) is 26.8 Å². The van der Waals surface area contributed by atoms with Crippen molar-refractivity contribution < 1.29 is 4.79 Å². The number of nitrogens with one attached hydrogen (secondary N) is 1. The van der Waals surface area contributed by atoms with Gasteiger partial charge in [0.15, 0.2) is 5.82 Å². The van der Waals surface area contributed by atoms with Crippen molar-refractivity contribution in [2.45, 2.75) is 33.2 Å². The van der Waals surface area contributed by atoms with Gasteiger partial charge in [-0.2, -0.15) is 10.1 Å². The van der Waals surface area contributed by atoms with Gasteiger partial charge in [-0.1, -0.05) is 0 Å².